The summed E-state index contributed by atoms with van der Waals surface area (Å²) in [4.78, 5) is 33.7. The number of piperidine rings is 2. The van der Waals surface area contributed by atoms with Crippen LogP contribution in [0.3, 0.4) is 0 Å². The third-order valence-corrected chi connectivity index (χ3v) is 6.93. The van der Waals surface area contributed by atoms with Gasteiger partial charge >= 0.3 is 0 Å². The molecule has 0 atom stereocenters. The van der Waals surface area contributed by atoms with Gasteiger partial charge in [0.05, 0.1) is 11.1 Å². The molecule has 6 rings (SSSR count). The number of pyridine rings is 1. The van der Waals surface area contributed by atoms with Crippen LogP contribution >= 0.6 is 0 Å². The number of aromatic nitrogens is 1. The third-order valence-electron chi connectivity index (χ3n) is 6.93. The fourth-order valence-electron chi connectivity index (χ4n) is 5.43. The molecular weight excluding hydrogens is 344 g/mol. The van der Waals surface area contributed by atoms with Crippen molar-refractivity contribution in [3.63, 3.8) is 0 Å². The fourth-order valence-corrected chi connectivity index (χ4v) is 5.43. The van der Waals surface area contributed by atoms with Crippen molar-refractivity contribution in [3.8, 4) is 0 Å². The van der Waals surface area contributed by atoms with E-state index >= 15 is 0 Å². The Kier molecular flexibility index (Phi) is 3.98. The van der Waals surface area contributed by atoms with Crippen LogP contribution in [0.2, 0.25) is 0 Å². The second-order valence-electron chi connectivity index (χ2n) is 8.67. The Labute approximate surface area is 158 Å². The smallest absolute Gasteiger partial charge is 0.276 e. The molecule has 4 fully saturated rings. The molecule has 7 heteroatoms. The zero-order valence-corrected chi connectivity index (χ0v) is 15.5. The van der Waals surface area contributed by atoms with Gasteiger partial charge in [0, 0.05) is 49.9 Å². The zero-order valence-electron chi connectivity index (χ0n) is 15.5. The van der Waals surface area contributed by atoms with E-state index in [2.05, 4.69) is 14.8 Å². The molecule has 1 aromatic rings. The molecule has 5 aliphatic rings. The predicted octanol–water partition coefficient (Wildman–Crippen LogP) is 1.49. The Hall–Kier alpha value is -1.99. The molecule has 4 heterocycles. The Bertz CT molecular complexity index is 783. The average Bonchev–Trinajstić information content (AvgIpc) is 3.52. The molecule has 144 valence electrons. The first-order valence-electron chi connectivity index (χ1n) is 10.1. The molecule has 3 aliphatic heterocycles. The lowest BCUT2D eigenvalue weighted by Crippen LogP contribution is -2.66. The summed E-state index contributed by atoms with van der Waals surface area (Å²) < 4.78 is 0. The molecule has 2 N–H and O–H groups in total. The summed E-state index contributed by atoms with van der Waals surface area (Å²) in [5, 5.41) is 8.87. The summed E-state index contributed by atoms with van der Waals surface area (Å²) >= 11 is 0. The summed E-state index contributed by atoms with van der Waals surface area (Å²) in [5.41, 5.74) is 4.13. The molecule has 0 spiro atoms. The van der Waals surface area contributed by atoms with E-state index in [0.29, 0.717) is 17.5 Å². The quantitative estimate of drug-likeness (QED) is 0.620. The van der Waals surface area contributed by atoms with Crippen molar-refractivity contribution in [2.45, 2.75) is 63.1 Å². The number of hydroxylamine groups is 1. The van der Waals surface area contributed by atoms with E-state index in [1.165, 1.54) is 6.20 Å². The van der Waals surface area contributed by atoms with Crippen molar-refractivity contribution in [2.75, 3.05) is 13.1 Å². The third kappa shape index (κ3) is 2.84. The number of hydrogen-bond donors (Lipinski definition) is 2. The normalized spacial score (nSPS) is 30.3. The van der Waals surface area contributed by atoms with Gasteiger partial charge < -0.3 is 4.90 Å². The number of carbonyl (C=O) groups excluding carboxylic acids is 2. The predicted molar refractivity (Wildman–Crippen MR) is 97.0 cm³/mol. The Balaban J connectivity index is 1.37. The van der Waals surface area contributed by atoms with Crippen LogP contribution in [0.4, 0.5) is 0 Å². The Morgan fingerprint density at radius 2 is 2.07 bits per heavy atom. The molecule has 7 nitrogen and oxygen atoms in total. The number of hydrogen-bond acceptors (Lipinski definition) is 5. The second-order valence-corrected chi connectivity index (χ2v) is 8.67. The first-order chi connectivity index (χ1) is 13.1. The first kappa shape index (κ1) is 17.1. The van der Waals surface area contributed by atoms with Crippen LogP contribution in [0.15, 0.2) is 12.3 Å². The first-order valence-corrected chi connectivity index (χ1v) is 10.1. The molecule has 0 aromatic carbocycles. The van der Waals surface area contributed by atoms with Gasteiger partial charge in [-0.3, -0.25) is 24.7 Å². The van der Waals surface area contributed by atoms with Gasteiger partial charge in [0.1, 0.15) is 0 Å². The number of rotatable bonds is 4. The van der Waals surface area contributed by atoms with Crippen molar-refractivity contribution >= 4 is 11.8 Å². The van der Waals surface area contributed by atoms with Gasteiger partial charge in [-0.1, -0.05) is 0 Å². The van der Waals surface area contributed by atoms with E-state index in [1.807, 2.05) is 6.07 Å². The van der Waals surface area contributed by atoms with Crippen LogP contribution in [0.5, 0.6) is 0 Å². The molecule has 2 amide bonds. The molecule has 1 aromatic heterocycles. The topological polar surface area (TPSA) is 85.8 Å². The number of nitrogens with zero attached hydrogens (tertiary/aromatic N) is 3. The van der Waals surface area contributed by atoms with E-state index in [1.54, 1.807) is 5.48 Å². The molecule has 2 bridgehead atoms. The van der Waals surface area contributed by atoms with E-state index in [4.69, 9.17) is 5.21 Å². The number of carbonyl (C=O) groups is 2. The van der Waals surface area contributed by atoms with Crippen molar-refractivity contribution in [2.24, 2.45) is 5.92 Å². The molecule has 2 saturated heterocycles. The van der Waals surface area contributed by atoms with Gasteiger partial charge in [0.2, 0.25) is 5.91 Å². The van der Waals surface area contributed by atoms with Crippen LogP contribution in [0.25, 0.3) is 0 Å². The van der Waals surface area contributed by atoms with Crippen molar-refractivity contribution < 1.29 is 14.8 Å². The average molecular weight is 370 g/mol. The Morgan fingerprint density at radius 3 is 2.78 bits per heavy atom. The van der Waals surface area contributed by atoms with Crippen LogP contribution in [0.1, 0.15) is 60.1 Å². The standard InChI is InChI=1S/C20H26N4O3/c25-18(22-27)14-9-15-11-23(8-5-17(15)21-10-14)12-20-6-3-13(4-7-20)19(26)24(20)16-1-2-16/h9-10,13,16,27H,1-8,11-12H2,(H,22,25). The van der Waals surface area contributed by atoms with Gasteiger partial charge in [0.25, 0.3) is 5.91 Å². The van der Waals surface area contributed by atoms with Crippen molar-refractivity contribution in [1.82, 2.24) is 20.3 Å². The second kappa shape index (κ2) is 6.27. The summed E-state index contributed by atoms with van der Waals surface area (Å²) in [6.45, 7) is 2.59. The van der Waals surface area contributed by atoms with Gasteiger partial charge in [-0.15, -0.1) is 0 Å². The van der Waals surface area contributed by atoms with Crippen LogP contribution in [-0.4, -0.2) is 56.5 Å². The SMILES string of the molecule is O=C(NO)c1cnc2c(c1)CN(CC13CCC(CC1)C(=O)N3C1CC1)CC2. The summed E-state index contributed by atoms with van der Waals surface area (Å²) in [6.07, 6.45) is 9.01. The lowest BCUT2D eigenvalue weighted by Gasteiger charge is -2.56. The monoisotopic (exact) mass is 370 g/mol. The maximum atomic E-state index is 12.9. The van der Waals surface area contributed by atoms with E-state index < -0.39 is 5.91 Å². The Morgan fingerprint density at radius 1 is 1.30 bits per heavy atom. The highest BCUT2D eigenvalue weighted by Crippen LogP contribution is 2.49. The zero-order chi connectivity index (χ0) is 18.6. The van der Waals surface area contributed by atoms with Crippen molar-refractivity contribution in [1.29, 1.82) is 0 Å². The van der Waals surface area contributed by atoms with E-state index in [-0.39, 0.29) is 11.5 Å². The minimum atomic E-state index is -0.530. The lowest BCUT2D eigenvalue weighted by atomic mass is 9.69. The van der Waals surface area contributed by atoms with E-state index in [9.17, 15) is 9.59 Å². The number of nitrogens with one attached hydrogen (secondary N) is 1. The largest absolute Gasteiger partial charge is 0.333 e. The highest BCUT2D eigenvalue weighted by Gasteiger charge is 2.55. The highest BCUT2D eigenvalue weighted by molar-refractivity contribution is 5.93. The lowest BCUT2D eigenvalue weighted by molar-refractivity contribution is -0.159. The van der Waals surface area contributed by atoms with Gasteiger partial charge in [0.15, 0.2) is 0 Å². The maximum absolute atomic E-state index is 12.9. The minimum absolute atomic E-state index is 0.00197. The minimum Gasteiger partial charge on any atom is -0.333 e. The van der Waals surface area contributed by atoms with Gasteiger partial charge in [-0.2, -0.15) is 0 Å². The number of amides is 2. The molecule has 27 heavy (non-hydrogen) atoms. The molecule has 0 unspecified atom stereocenters. The molecule has 2 saturated carbocycles. The van der Waals surface area contributed by atoms with Crippen LogP contribution < -0.4 is 5.48 Å². The summed E-state index contributed by atoms with van der Waals surface area (Å²) in [7, 11) is 0. The summed E-state index contributed by atoms with van der Waals surface area (Å²) in [5.74, 6) is 0.131. The molecular formula is C20H26N4O3. The number of fused-ring (bicyclic) bond motifs is 4. The van der Waals surface area contributed by atoms with E-state index in [0.717, 1.165) is 75.8 Å². The maximum Gasteiger partial charge on any atom is 0.276 e. The van der Waals surface area contributed by atoms with Crippen LogP contribution in [0, 0.1) is 5.92 Å². The van der Waals surface area contributed by atoms with Crippen LogP contribution in [-0.2, 0) is 17.8 Å². The highest BCUT2D eigenvalue weighted by atomic mass is 16.5. The fraction of sp³-hybridized carbons (Fsp3) is 0.650. The molecule has 0 radical (unpaired) electrons. The van der Waals surface area contributed by atoms with Gasteiger partial charge in [-0.05, 0) is 50.2 Å². The molecule has 2 aliphatic carbocycles. The summed E-state index contributed by atoms with van der Waals surface area (Å²) in [6, 6.07) is 2.30. The van der Waals surface area contributed by atoms with Gasteiger partial charge in [-0.25, -0.2) is 5.48 Å². The van der Waals surface area contributed by atoms with Crippen molar-refractivity contribution in [3.05, 3.63) is 29.1 Å².